The van der Waals surface area contributed by atoms with Gasteiger partial charge in [0.15, 0.2) is 0 Å². The Morgan fingerprint density at radius 2 is 1.59 bits per heavy atom. The summed E-state index contributed by atoms with van der Waals surface area (Å²) in [5.41, 5.74) is 3.48. The third-order valence-electron chi connectivity index (χ3n) is 4.97. The molecule has 2 aromatic rings. The minimum atomic E-state index is -1.16. The van der Waals surface area contributed by atoms with Crippen molar-refractivity contribution in [3.05, 3.63) is 71.3 Å². The van der Waals surface area contributed by atoms with Crippen molar-refractivity contribution >= 4 is 17.7 Å². The molecule has 0 spiro atoms. The molecule has 2 aromatic carbocycles. The fraction of sp³-hybridized carbons (Fsp3) is 0.292. The second kappa shape index (κ2) is 11.1. The zero-order valence-electron chi connectivity index (χ0n) is 17.7. The van der Waals surface area contributed by atoms with E-state index in [0.29, 0.717) is 11.6 Å². The van der Waals surface area contributed by atoms with Gasteiger partial charge in [-0.2, -0.15) is 0 Å². The summed E-state index contributed by atoms with van der Waals surface area (Å²) in [5.74, 6) is 4.43. The van der Waals surface area contributed by atoms with E-state index in [1.165, 1.54) is 5.48 Å². The van der Waals surface area contributed by atoms with E-state index in [-0.39, 0.29) is 12.5 Å². The van der Waals surface area contributed by atoms with Crippen LogP contribution in [0.15, 0.2) is 54.6 Å². The third-order valence-corrected chi connectivity index (χ3v) is 4.97. The minimum Gasteiger partial charge on any atom is -0.350 e. The molecule has 0 saturated heterocycles. The molecule has 1 saturated carbocycles. The molecule has 1 aliphatic carbocycles. The zero-order chi connectivity index (χ0) is 22.9. The van der Waals surface area contributed by atoms with E-state index in [9.17, 15) is 14.4 Å². The monoisotopic (exact) mass is 434 g/mol. The van der Waals surface area contributed by atoms with Crippen LogP contribution in [0.5, 0.6) is 0 Å². The second-order valence-electron chi connectivity index (χ2n) is 7.63. The molecule has 3 amide bonds. The SMILES string of the molecule is C[C@@H](NC(=O)CNC1CC1)C(NC(=O)c1ccc(C#Cc2ccccc2)cc1)C(=O)NO. The Balaban J connectivity index is 1.60. The number of nitrogens with one attached hydrogen (secondary N) is 4. The van der Waals surface area contributed by atoms with Gasteiger partial charge in [-0.15, -0.1) is 0 Å². The van der Waals surface area contributed by atoms with Crippen molar-refractivity contribution in [2.45, 2.75) is 37.9 Å². The smallest absolute Gasteiger partial charge is 0.268 e. The van der Waals surface area contributed by atoms with Crippen LogP contribution < -0.4 is 21.4 Å². The van der Waals surface area contributed by atoms with Gasteiger partial charge in [0.2, 0.25) is 5.91 Å². The molecule has 32 heavy (non-hydrogen) atoms. The van der Waals surface area contributed by atoms with Gasteiger partial charge < -0.3 is 16.0 Å². The van der Waals surface area contributed by atoms with Crippen molar-refractivity contribution in [3.63, 3.8) is 0 Å². The lowest BCUT2D eigenvalue weighted by Gasteiger charge is -2.24. The number of carbonyl (C=O) groups is 3. The average molecular weight is 434 g/mol. The molecule has 1 fully saturated rings. The highest BCUT2D eigenvalue weighted by Gasteiger charge is 2.29. The maximum absolute atomic E-state index is 12.6. The third kappa shape index (κ3) is 6.94. The lowest BCUT2D eigenvalue weighted by molar-refractivity contribution is -0.132. The Labute approximate surface area is 186 Å². The molecule has 0 bridgehead atoms. The van der Waals surface area contributed by atoms with Crippen LogP contribution in [0.25, 0.3) is 0 Å². The van der Waals surface area contributed by atoms with Crippen molar-refractivity contribution in [1.82, 2.24) is 21.4 Å². The van der Waals surface area contributed by atoms with Crippen molar-refractivity contribution in [3.8, 4) is 11.8 Å². The summed E-state index contributed by atoms with van der Waals surface area (Å²) in [5, 5.41) is 17.4. The predicted octanol–water partition coefficient (Wildman–Crippen LogP) is 0.947. The van der Waals surface area contributed by atoms with E-state index < -0.39 is 23.9 Å². The Hall–Kier alpha value is -3.67. The molecule has 0 aliphatic heterocycles. The maximum Gasteiger partial charge on any atom is 0.268 e. The number of benzene rings is 2. The molecule has 166 valence electrons. The van der Waals surface area contributed by atoms with Gasteiger partial charge in [-0.3, -0.25) is 19.6 Å². The Morgan fingerprint density at radius 3 is 2.19 bits per heavy atom. The van der Waals surface area contributed by atoms with E-state index >= 15 is 0 Å². The molecular formula is C24H26N4O4. The Morgan fingerprint density at radius 1 is 0.969 bits per heavy atom. The van der Waals surface area contributed by atoms with E-state index in [1.54, 1.807) is 31.2 Å². The van der Waals surface area contributed by atoms with E-state index in [2.05, 4.69) is 27.8 Å². The molecule has 1 aliphatic rings. The standard InChI is InChI=1S/C24H26N4O4/c1-16(26-21(29)15-25-20-13-14-20)22(24(31)28-32)27-23(30)19-11-9-18(10-12-19)8-7-17-5-3-2-4-6-17/h2-6,9-12,16,20,22,25,32H,13-15H2,1H3,(H,26,29)(H,27,30)(H,28,31)/t16-,22?/m1/s1. The van der Waals surface area contributed by atoms with Gasteiger partial charge in [-0.25, -0.2) is 5.48 Å². The van der Waals surface area contributed by atoms with Crippen molar-refractivity contribution in [1.29, 1.82) is 0 Å². The van der Waals surface area contributed by atoms with Crippen molar-refractivity contribution < 1.29 is 19.6 Å². The number of hydrogen-bond acceptors (Lipinski definition) is 5. The highest BCUT2D eigenvalue weighted by Crippen LogP contribution is 2.17. The first-order valence-electron chi connectivity index (χ1n) is 10.4. The van der Waals surface area contributed by atoms with Gasteiger partial charge in [-0.05, 0) is 56.2 Å². The summed E-state index contributed by atoms with van der Waals surface area (Å²) in [7, 11) is 0. The molecule has 5 N–H and O–H groups in total. The van der Waals surface area contributed by atoms with Crippen LogP contribution in [0.2, 0.25) is 0 Å². The highest BCUT2D eigenvalue weighted by atomic mass is 16.5. The first kappa shape index (κ1) is 23.0. The first-order valence-corrected chi connectivity index (χ1v) is 10.4. The van der Waals surface area contributed by atoms with Gasteiger partial charge in [0.25, 0.3) is 11.8 Å². The lowest BCUT2D eigenvalue weighted by Crippen LogP contribution is -2.58. The molecule has 8 nitrogen and oxygen atoms in total. The number of rotatable bonds is 8. The number of amides is 3. The molecule has 0 radical (unpaired) electrons. The normalized spacial score (nSPS) is 14.3. The van der Waals surface area contributed by atoms with Gasteiger partial charge in [-0.1, -0.05) is 30.0 Å². The van der Waals surface area contributed by atoms with Crippen LogP contribution in [-0.4, -0.2) is 47.6 Å². The summed E-state index contributed by atoms with van der Waals surface area (Å²) in [6, 6.07) is 14.6. The molecule has 3 rings (SSSR count). The summed E-state index contributed by atoms with van der Waals surface area (Å²) in [6.07, 6.45) is 2.09. The Bertz CT molecular complexity index is 1010. The van der Waals surface area contributed by atoms with Crippen LogP contribution in [0.1, 0.15) is 41.3 Å². The molecule has 0 aromatic heterocycles. The molecule has 8 heteroatoms. The maximum atomic E-state index is 12.6. The quantitative estimate of drug-likeness (QED) is 0.241. The van der Waals surface area contributed by atoms with Crippen molar-refractivity contribution in [2.24, 2.45) is 0 Å². The van der Waals surface area contributed by atoms with Gasteiger partial charge >= 0.3 is 0 Å². The topological polar surface area (TPSA) is 120 Å². The van der Waals surface area contributed by atoms with Gasteiger partial charge in [0, 0.05) is 22.7 Å². The summed E-state index contributed by atoms with van der Waals surface area (Å²) in [4.78, 5) is 36.8. The van der Waals surface area contributed by atoms with Crippen LogP contribution in [0, 0.1) is 11.8 Å². The predicted molar refractivity (Wildman–Crippen MR) is 119 cm³/mol. The van der Waals surface area contributed by atoms with Crippen LogP contribution in [0.3, 0.4) is 0 Å². The lowest BCUT2D eigenvalue weighted by atomic mass is 10.1. The first-order chi connectivity index (χ1) is 15.5. The minimum absolute atomic E-state index is 0.127. The summed E-state index contributed by atoms with van der Waals surface area (Å²) in [6.45, 7) is 1.71. The average Bonchev–Trinajstić information content (AvgIpc) is 3.65. The van der Waals surface area contributed by atoms with Crippen LogP contribution in [0.4, 0.5) is 0 Å². The van der Waals surface area contributed by atoms with Crippen LogP contribution in [-0.2, 0) is 9.59 Å². The molecular weight excluding hydrogens is 408 g/mol. The van der Waals surface area contributed by atoms with E-state index in [4.69, 9.17) is 5.21 Å². The number of hydroxylamine groups is 1. The van der Waals surface area contributed by atoms with E-state index in [1.807, 2.05) is 30.3 Å². The Kier molecular flexibility index (Phi) is 7.97. The zero-order valence-corrected chi connectivity index (χ0v) is 17.7. The van der Waals surface area contributed by atoms with Crippen molar-refractivity contribution in [2.75, 3.05) is 6.54 Å². The van der Waals surface area contributed by atoms with Crippen LogP contribution >= 0.6 is 0 Å². The molecule has 0 heterocycles. The highest BCUT2D eigenvalue weighted by molar-refractivity contribution is 5.98. The van der Waals surface area contributed by atoms with E-state index in [0.717, 1.165) is 24.0 Å². The largest absolute Gasteiger partial charge is 0.350 e. The number of carbonyl (C=O) groups excluding carboxylic acids is 3. The van der Waals surface area contributed by atoms with Gasteiger partial charge in [0.05, 0.1) is 12.6 Å². The summed E-state index contributed by atoms with van der Waals surface area (Å²) >= 11 is 0. The molecule has 2 atom stereocenters. The second-order valence-corrected chi connectivity index (χ2v) is 7.63. The molecule has 1 unspecified atom stereocenters. The number of hydrogen-bond donors (Lipinski definition) is 5. The van der Waals surface area contributed by atoms with Gasteiger partial charge in [0.1, 0.15) is 6.04 Å². The fourth-order valence-corrected chi connectivity index (χ4v) is 3.00. The summed E-state index contributed by atoms with van der Waals surface area (Å²) < 4.78 is 0. The fourth-order valence-electron chi connectivity index (χ4n) is 3.00.